The average Bonchev–Trinajstić information content (AvgIpc) is 2.95. The number of aromatic nitrogens is 2. The lowest BCUT2D eigenvalue weighted by Gasteiger charge is -2.02. The molecule has 0 saturated carbocycles. The van der Waals surface area contributed by atoms with E-state index in [0.717, 1.165) is 17.7 Å². The van der Waals surface area contributed by atoms with Crippen molar-refractivity contribution in [2.75, 3.05) is 0 Å². The number of aryl methyl sites for hydroxylation is 2. The largest absolute Gasteiger partial charge is 0.469 e. The maximum atomic E-state index is 13.6. The Labute approximate surface area is 108 Å². The first-order chi connectivity index (χ1) is 8.75. The second-order valence-electron chi connectivity index (χ2n) is 4.05. The van der Waals surface area contributed by atoms with Gasteiger partial charge in [-0.3, -0.25) is 0 Å². The number of fused-ring (bicyclic) bond motifs is 1. The van der Waals surface area contributed by atoms with Crippen LogP contribution in [0.4, 0.5) is 4.39 Å². The van der Waals surface area contributed by atoms with Crippen molar-refractivity contribution >= 4 is 23.3 Å². The fourth-order valence-electron chi connectivity index (χ4n) is 2.04. The Bertz CT molecular complexity index is 727. The number of aromatic amines is 1. The summed E-state index contributed by atoms with van der Waals surface area (Å²) in [5, 5.41) is 0. The highest BCUT2D eigenvalue weighted by atomic mass is 32.1. The Balaban J connectivity index is 1.99. The Morgan fingerprint density at radius 2 is 2.17 bits per heavy atom. The van der Waals surface area contributed by atoms with Gasteiger partial charge in [-0.2, -0.15) is 0 Å². The number of furan rings is 1. The van der Waals surface area contributed by atoms with Crippen LogP contribution in [0.15, 0.2) is 41.0 Å². The number of nitrogens with one attached hydrogen (secondary N) is 1. The SMILES string of the molecule is Fc1cccc2c1[nH]c(=S)n2CCc1ccco1. The van der Waals surface area contributed by atoms with Crippen molar-refractivity contribution in [1.82, 2.24) is 9.55 Å². The maximum Gasteiger partial charge on any atom is 0.178 e. The number of H-pyrrole nitrogens is 1. The van der Waals surface area contributed by atoms with E-state index in [4.69, 9.17) is 16.6 Å². The van der Waals surface area contributed by atoms with Crippen molar-refractivity contribution in [2.45, 2.75) is 13.0 Å². The Morgan fingerprint density at radius 1 is 1.28 bits per heavy atom. The van der Waals surface area contributed by atoms with Crippen molar-refractivity contribution in [3.8, 4) is 0 Å². The Kier molecular flexibility index (Phi) is 2.76. The summed E-state index contributed by atoms with van der Waals surface area (Å²) < 4.78 is 21.3. The van der Waals surface area contributed by atoms with Crippen molar-refractivity contribution in [2.24, 2.45) is 0 Å². The van der Waals surface area contributed by atoms with E-state index in [0.29, 0.717) is 16.8 Å². The second-order valence-corrected chi connectivity index (χ2v) is 4.43. The monoisotopic (exact) mass is 262 g/mol. The van der Waals surface area contributed by atoms with Gasteiger partial charge in [0.2, 0.25) is 0 Å². The lowest BCUT2D eigenvalue weighted by molar-refractivity contribution is 0.492. The van der Waals surface area contributed by atoms with E-state index in [1.54, 1.807) is 12.3 Å². The molecule has 1 aromatic carbocycles. The minimum absolute atomic E-state index is 0.282. The zero-order valence-electron chi connectivity index (χ0n) is 9.52. The lowest BCUT2D eigenvalue weighted by atomic mass is 10.3. The van der Waals surface area contributed by atoms with Crippen LogP contribution in [0.1, 0.15) is 5.76 Å². The normalized spacial score (nSPS) is 11.2. The van der Waals surface area contributed by atoms with Crippen LogP contribution in [0.3, 0.4) is 0 Å². The van der Waals surface area contributed by atoms with Gasteiger partial charge >= 0.3 is 0 Å². The van der Waals surface area contributed by atoms with E-state index in [1.165, 1.54) is 6.07 Å². The van der Waals surface area contributed by atoms with E-state index < -0.39 is 0 Å². The van der Waals surface area contributed by atoms with Gasteiger partial charge < -0.3 is 14.0 Å². The van der Waals surface area contributed by atoms with E-state index in [9.17, 15) is 4.39 Å². The molecule has 2 aromatic heterocycles. The smallest absolute Gasteiger partial charge is 0.178 e. The molecule has 0 aliphatic rings. The number of hydrogen-bond acceptors (Lipinski definition) is 2. The topological polar surface area (TPSA) is 33.9 Å². The Hall–Kier alpha value is -1.88. The summed E-state index contributed by atoms with van der Waals surface area (Å²) in [6, 6.07) is 8.73. The zero-order chi connectivity index (χ0) is 12.5. The average molecular weight is 262 g/mol. The number of imidazole rings is 1. The van der Waals surface area contributed by atoms with Crippen LogP contribution < -0.4 is 0 Å². The van der Waals surface area contributed by atoms with Crippen molar-refractivity contribution < 1.29 is 8.81 Å². The predicted octanol–water partition coefficient (Wildman–Crippen LogP) is 3.67. The van der Waals surface area contributed by atoms with Gasteiger partial charge in [-0.1, -0.05) is 6.07 Å². The molecule has 0 atom stereocenters. The van der Waals surface area contributed by atoms with Gasteiger partial charge in [0, 0.05) is 13.0 Å². The molecule has 0 aliphatic heterocycles. The van der Waals surface area contributed by atoms with Crippen molar-refractivity contribution in [3.05, 3.63) is 52.9 Å². The molecular weight excluding hydrogens is 251 g/mol. The highest BCUT2D eigenvalue weighted by Gasteiger charge is 2.08. The molecule has 0 radical (unpaired) electrons. The van der Waals surface area contributed by atoms with Crippen LogP contribution in [-0.2, 0) is 13.0 Å². The van der Waals surface area contributed by atoms with Crippen LogP contribution in [0.5, 0.6) is 0 Å². The summed E-state index contributed by atoms with van der Waals surface area (Å²) >= 11 is 5.22. The van der Waals surface area contributed by atoms with Gasteiger partial charge in [-0.05, 0) is 36.5 Å². The molecule has 3 nitrogen and oxygen atoms in total. The molecule has 3 rings (SSSR count). The van der Waals surface area contributed by atoms with Crippen LogP contribution in [0.25, 0.3) is 11.0 Å². The minimum Gasteiger partial charge on any atom is -0.469 e. The molecule has 3 aromatic rings. The van der Waals surface area contributed by atoms with E-state index in [2.05, 4.69) is 4.98 Å². The van der Waals surface area contributed by atoms with Crippen LogP contribution in [0.2, 0.25) is 0 Å². The third-order valence-electron chi connectivity index (χ3n) is 2.92. The molecule has 0 spiro atoms. The first-order valence-corrected chi connectivity index (χ1v) is 6.06. The minimum atomic E-state index is -0.282. The molecule has 0 unspecified atom stereocenters. The summed E-state index contributed by atoms with van der Waals surface area (Å²) in [7, 11) is 0. The summed E-state index contributed by atoms with van der Waals surface area (Å²) in [6.07, 6.45) is 2.37. The van der Waals surface area contributed by atoms with Gasteiger partial charge in [0.1, 0.15) is 17.1 Å². The Morgan fingerprint density at radius 3 is 2.94 bits per heavy atom. The lowest BCUT2D eigenvalue weighted by Crippen LogP contribution is -2.00. The highest BCUT2D eigenvalue weighted by molar-refractivity contribution is 7.71. The number of rotatable bonds is 3. The van der Waals surface area contributed by atoms with Gasteiger partial charge in [-0.25, -0.2) is 4.39 Å². The van der Waals surface area contributed by atoms with Crippen LogP contribution in [0, 0.1) is 10.6 Å². The van der Waals surface area contributed by atoms with E-state index in [1.807, 2.05) is 22.8 Å². The summed E-state index contributed by atoms with van der Waals surface area (Å²) in [5.41, 5.74) is 1.24. The van der Waals surface area contributed by atoms with Crippen molar-refractivity contribution in [1.29, 1.82) is 0 Å². The molecule has 18 heavy (non-hydrogen) atoms. The third kappa shape index (κ3) is 1.86. The molecule has 0 fully saturated rings. The van der Waals surface area contributed by atoms with Gasteiger partial charge in [0.25, 0.3) is 0 Å². The zero-order valence-corrected chi connectivity index (χ0v) is 10.3. The molecule has 0 amide bonds. The quantitative estimate of drug-likeness (QED) is 0.731. The molecule has 0 bridgehead atoms. The van der Waals surface area contributed by atoms with E-state index in [-0.39, 0.29) is 5.82 Å². The molecule has 92 valence electrons. The highest BCUT2D eigenvalue weighted by Crippen LogP contribution is 2.18. The molecule has 0 saturated heterocycles. The summed E-state index contributed by atoms with van der Waals surface area (Å²) in [4.78, 5) is 2.90. The van der Waals surface area contributed by atoms with E-state index >= 15 is 0 Å². The predicted molar refractivity (Wildman–Crippen MR) is 69.5 cm³/mol. The maximum absolute atomic E-state index is 13.6. The van der Waals surface area contributed by atoms with Crippen LogP contribution in [-0.4, -0.2) is 9.55 Å². The molecular formula is C13H11FN2OS. The van der Waals surface area contributed by atoms with Crippen molar-refractivity contribution in [3.63, 3.8) is 0 Å². The standard InChI is InChI=1S/C13H11FN2OS/c14-10-4-1-5-11-12(10)15-13(18)16(11)7-6-9-3-2-8-17-9/h1-5,8H,6-7H2,(H,15,18). The summed E-state index contributed by atoms with van der Waals surface area (Å²) in [6.45, 7) is 0.662. The summed E-state index contributed by atoms with van der Waals surface area (Å²) in [5.74, 6) is 0.609. The number of para-hydroxylation sites is 1. The molecule has 0 aliphatic carbocycles. The van der Waals surface area contributed by atoms with Gasteiger partial charge in [0.15, 0.2) is 4.77 Å². The number of halogens is 1. The second kappa shape index (κ2) is 4.42. The molecule has 5 heteroatoms. The first-order valence-electron chi connectivity index (χ1n) is 5.65. The number of nitrogens with zero attached hydrogens (tertiary/aromatic N) is 1. The third-order valence-corrected chi connectivity index (χ3v) is 3.24. The number of benzene rings is 1. The molecule has 2 heterocycles. The fourth-order valence-corrected chi connectivity index (χ4v) is 2.34. The first kappa shape index (κ1) is 11.2. The van der Waals surface area contributed by atoms with Crippen LogP contribution >= 0.6 is 12.2 Å². The van der Waals surface area contributed by atoms with Gasteiger partial charge in [-0.15, -0.1) is 0 Å². The fraction of sp³-hybridized carbons (Fsp3) is 0.154. The van der Waals surface area contributed by atoms with Gasteiger partial charge in [0.05, 0.1) is 11.8 Å². The number of hydrogen-bond donors (Lipinski definition) is 1. The molecule has 1 N–H and O–H groups in total.